The van der Waals surface area contributed by atoms with E-state index in [0.717, 1.165) is 41.9 Å². The van der Waals surface area contributed by atoms with Crippen molar-refractivity contribution < 1.29 is 9.26 Å². The molecule has 4 nitrogen and oxygen atoms in total. The van der Waals surface area contributed by atoms with Crippen molar-refractivity contribution in [2.75, 3.05) is 12.8 Å². The molecule has 96 valence electrons. The quantitative estimate of drug-likeness (QED) is 0.879. The Bertz CT molecular complexity index is 520. The molecule has 2 N–H and O–H groups in total. The third-order valence-corrected chi connectivity index (χ3v) is 2.90. The van der Waals surface area contributed by atoms with Gasteiger partial charge in [0.05, 0.1) is 12.7 Å². The minimum Gasteiger partial charge on any atom is -0.497 e. The molecule has 0 aliphatic rings. The van der Waals surface area contributed by atoms with Crippen LogP contribution in [0.4, 0.5) is 5.82 Å². The Balaban J connectivity index is 2.38. The number of nitrogens with zero attached hydrogens (tertiary/aromatic N) is 1. The van der Waals surface area contributed by atoms with Crippen molar-refractivity contribution in [3.05, 3.63) is 30.0 Å². The molecule has 2 aromatic rings. The van der Waals surface area contributed by atoms with Gasteiger partial charge in [0, 0.05) is 6.42 Å². The SMILES string of the molecule is CCCCc1onc(N)c1-c1cccc(OC)c1. The number of hydrogen-bond acceptors (Lipinski definition) is 4. The molecule has 1 heterocycles. The van der Waals surface area contributed by atoms with E-state index in [1.165, 1.54) is 0 Å². The average molecular weight is 246 g/mol. The number of rotatable bonds is 5. The van der Waals surface area contributed by atoms with Gasteiger partial charge in [0.15, 0.2) is 5.82 Å². The van der Waals surface area contributed by atoms with Crippen molar-refractivity contribution in [2.24, 2.45) is 0 Å². The first-order chi connectivity index (χ1) is 8.76. The summed E-state index contributed by atoms with van der Waals surface area (Å²) in [5.41, 5.74) is 7.77. The molecule has 0 atom stereocenters. The van der Waals surface area contributed by atoms with Crippen LogP contribution in [0.3, 0.4) is 0 Å². The molecule has 0 spiro atoms. The van der Waals surface area contributed by atoms with Crippen molar-refractivity contribution >= 4 is 5.82 Å². The summed E-state index contributed by atoms with van der Waals surface area (Å²) in [5, 5.41) is 3.86. The van der Waals surface area contributed by atoms with Crippen LogP contribution in [0.2, 0.25) is 0 Å². The standard InChI is InChI=1S/C14H18N2O2/c1-3-4-8-12-13(14(15)16-18-12)10-6-5-7-11(9-10)17-2/h5-7,9H,3-4,8H2,1-2H3,(H2,15,16). The third kappa shape index (κ3) is 2.47. The van der Waals surface area contributed by atoms with Crippen LogP contribution in [0.1, 0.15) is 25.5 Å². The highest BCUT2D eigenvalue weighted by atomic mass is 16.5. The molecular formula is C14H18N2O2. The van der Waals surface area contributed by atoms with Crippen molar-refractivity contribution in [3.63, 3.8) is 0 Å². The summed E-state index contributed by atoms with van der Waals surface area (Å²) in [6.45, 7) is 2.14. The highest BCUT2D eigenvalue weighted by Gasteiger charge is 2.15. The second kappa shape index (κ2) is 5.58. The van der Waals surface area contributed by atoms with Crippen LogP contribution >= 0.6 is 0 Å². The van der Waals surface area contributed by atoms with Gasteiger partial charge in [-0.2, -0.15) is 0 Å². The predicted octanol–water partition coefficient (Wildman–Crippen LogP) is 3.28. The van der Waals surface area contributed by atoms with Crippen molar-refractivity contribution in [3.8, 4) is 16.9 Å². The molecule has 1 aromatic carbocycles. The Hall–Kier alpha value is -1.97. The van der Waals surface area contributed by atoms with Gasteiger partial charge in [0.25, 0.3) is 0 Å². The van der Waals surface area contributed by atoms with Crippen LogP contribution in [0.25, 0.3) is 11.1 Å². The van der Waals surface area contributed by atoms with Crippen LogP contribution < -0.4 is 10.5 Å². The lowest BCUT2D eigenvalue weighted by Gasteiger charge is -2.05. The van der Waals surface area contributed by atoms with Crippen LogP contribution in [0.15, 0.2) is 28.8 Å². The monoisotopic (exact) mass is 246 g/mol. The second-order valence-electron chi connectivity index (χ2n) is 4.20. The number of nitrogen functional groups attached to an aromatic ring is 1. The maximum Gasteiger partial charge on any atom is 0.175 e. The van der Waals surface area contributed by atoms with E-state index in [-0.39, 0.29) is 0 Å². The summed E-state index contributed by atoms with van der Waals surface area (Å²) in [6, 6.07) is 7.77. The molecule has 0 bridgehead atoms. The maximum atomic E-state index is 5.89. The van der Waals surface area contributed by atoms with Crippen LogP contribution in [0.5, 0.6) is 5.75 Å². The second-order valence-corrected chi connectivity index (χ2v) is 4.20. The highest BCUT2D eigenvalue weighted by molar-refractivity contribution is 5.76. The molecule has 0 saturated carbocycles. The fourth-order valence-electron chi connectivity index (χ4n) is 1.93. The predicted molar refractivity (Wildman–Crippen MR) is 71.5 cm³/mol. The van der Waals surface area contributed by atoms with E-state index in [1.807, 2.05) is 24.3 Å². The van der Waals surface area contributed by atoms with Crippen LogP contribution in [0, 0.1) is 0 Å². The number of methoxy groups -OCH3 is 1. The fourth-order valence-corrected chi connectivity index (χ4v) is 1.93. The number of aryl methyl sites for hydroxylation is 1. The first-order valence-corrected chi connectivity index (χ1v) is 6.14. The first kappa shape index (κ1) is 12.5. The van der Waals surface area contributed by atoms with Crippen LogP contribution in [-0.4, -0.2) is 12.3 Å². The molecule has 0 fully saturated rings. The number of aromatic nitrogens is 1. The average Bonchev–Trinajstić information content (AvgIpc) is 2.77. The summed E-state index contributed by atoms with van der Waals surface area (Å²) < 4.78 is 10.5. The van der Waals surface area contributed by atoms with E-state index in [0.29, 0.717) is 5.82 Å². The van der Waals surface area contributed by atoms with Gasteiger partial charge in [0.1, 0.15) is 11.5 Å². The number of ether oxygens (including phenoxy) is 1. The molecule has 4 heteroatoms. The zero-order chi connectivity index (χ0) is 13.0. The number of anilines is 1. The molecule has 0 aliphatic heterocycles. The Morgan fingerprint density at radius 3 is 2.94 bits per heavy atom. The minimum atomic E-state index is 0.439. The molecule has 0 radical (unpaired) electrons. The fraction of sp³-hybridized carbons (Fsp3) is 0.357. The summed E-state index contributed by atoms with van der Waals surface area (Å²) in [4.78, 5) is 0. The smallest absolute Gasteiger partial charge is 0.175 e. The molecule has 0 saturated heterocycles. The Morgan fingerprint density at radius 1 is 1.39 bits per heavy atom. The molecular weight excluding hydrogens is 228 g/mol. The van der Waals surface area contributed by atoms with E-state index in [4.69, 9.17) is 15.0 Å². The Labute approximate surface area is 107 Å². The minimum absolute atomic E-state index is 0.439. The van der Waals surface area contributed by atoms with Crippen molar-refractivity contribution in [1.29, 1.82) is 0 Å². The summed E-state index contributed by atoms with van der Waals surface area (Å²) in [7, 11) is 1.65. The molecule has 18 heavy (non-hydrogen) atoms. The van der Waals surface area contributed by atoms with E-state index < -0.39 is 0 Å². The maximum absolute atomic E-state index is 5.89. The van der Waals surface area contributed by atoms with Gasteiger partial charge in [0.2, 0.25) is 0 Å². The highest BCUT2D eigenvalue weighted by Crippen LogP contribution is 2.32. The molecule has 1 aromatic heterocycles. The zero-order valence-electron chi connectivity index (χ0n) is 10.8. The molecule has 0 unspecified atom stereocenters. The Kier molecular flexibility index (Phi) is 3.87. The van der Waals surface area contributed by atoms with E-state index >= 15 is 0 Å². The number of nitrogens with two attached hydrogens (primary N) is 1. The lowest BCUT2D eigenvalue weighted by atomic mass is 10.0. The van der Waals surface area contributed by atoms with Gasteiger partial charge in [-0.15, -0.1) is 0 Å². The summed E-state index contributed by atoms with van der Waals surface area (Å²) >= 11 is 0. The lowest BCUT2D eigenvalue weighted by Crippen LogP contribution is -1.92. The van der Waals surface area contributed by atoms with E-state index in [1.54, 1.807) is 7.11 Å². The first-order valence-electron chi connectivity index (χ1n) is 6.14. The van der Waals surface area contributed by atoms with Gasteiger partial charge in [-0.3, -0.25) is 0 Å². The number of benzene rings is 1. The lowest BCUT2D eigenvalue weighted by molar-refractivity contribution is 0.383. The van der Waals surface area contributed by atoms with Gasteiger partial charge < -0.3 is 15.0 Å². The number of unbranched alkanes of at least 4 members (excludes halogenated alkanes) is 1. The third-order valence-electron chi connectivity index (χ3n) is 2.90. The summed E-state index contributed by atoms with van der Waals surface area (Å²) in [6.07, 6.45) is 3.02. The van der Waals surface area contributed by atoms with Crippen LogP contribution in [-0.2, 0) is 6.42 Å². The van der Waals surface area contributed by atoms with E-state index in [2.05, 4.69) is 12.1 Å². The van der Waals surface area contributed by atoms with Crippen molar-refractivity contribution in [2.45, 2.75) is 26.2 Å². The molecule has 0 aliphatic carbocycles. The number of hydrogen-bond donors (Lipinski definition) is 1. The zero-order valence-corrected chi connectivity index (χ0v) is 10.8. The van der Waals surface area contributed by atoms with Gasteiger partial charge >= 0.3 is 0 Å². The van der Waals surface area contributed by atoms with E-state index in [9.17, 15) is 0 Å². The molecule has 0 amide bonds. The Morgan fingerprint density at radius 2 is 2.22 bits per heavy atom. The summed E-state index contributed by atoms with van der Waals surface area (Å²) in [5.74, 6) is 2.09. The normalized spacial score (nSPS) is 10.6. The van der Waals surface area contributed by atoms with Gasteiger partial charge in [-0.25, -0.2) is 0 Å². The van der Waals surface area contributed by atoms with Gasteiger partial charge in [-0.05, 0) is 24.1 Å². The van der Waals surface area contributed by atoms with Crippen molar-refractivity contribution in [1.82, 2.24) is 5.16 Å². The topological polar surface area (TPSA) is 61.3 Å². The molecule has 2 rings (SSSR count). The largest absolute Gasteiger partial charge is 0.497 e. The van der Waals surface area contributed by atoms with Gasteiger partial charge in [-0.1, -0.05) is 30.6 Å².